The predicted octanol–water partition coefficient (Wildman–Crippen LogP) is 4.63. The van der Waals surface area contributed by atoms with Crippen molar-refractivity contribution in [3.05, 3.63) is 35.0 Å². The van der Waals surface area contributed by atoms with Gasteiger partial charge in [0.25, 0.3) is 0 Å². The molecule has 1 aliphatic carbocycles. The van der Waals surface area contributed by atoms with E-state index in [1.54, 1.807) is 6.92 Å². The average Bonchev–Trinajstić information content (AvgIpc) is 3.16. The molecule has 0 unspecified atom stereocenters. The molecule has 1 N–H and O–H groups in total. The van der Waals surface area contributed by atoms with Crippen molar-refractivity contribution in [2.75, 3.05) is 5.32 Å². The summed E-state index contributed by atoms with van der Waals surface area (Å²) in [5.74, 6) is 0.404. The quantitative estimate of drug-likeness (QED) is 0.833. The number of benzene rings is 1. The van der Waals surface area contributed by atoms with Crippen molar-refractivity contribution < 1.29 is 9.59 Å². The lowest BCUT2D eigenvalue weighted by Crippen LogP contribution is -2.05. The Hall–Kier alpha value is -2.01. The Kier molecular flexibility index (Phi) is 4.57. The summed E-state index contributed by atoms with van der Waals surface area (Å²) in [4.78, 5) is 28.6. The van der Waals surface area contributed by atoms with Crippen molar-refractivity contribution in [1.82, 2.24) is 4.98 Å². The fourth-order valence-electron chi connectivity index (χ4n) is 3.07. The van der Waals surface area contributed by atoms with Gasteiger partial charge in [-0.3, -0.25) is 9.59 Å². The van der Waals surface area contributed by atoms with Gasteiger partial charge >= 0.3 is 0 Å². The van der Waals surface area contributed by atoms with E-state index in [0.717, 1.165) is 34.7 Å². The molecule has 1 amide bonds. The Balaban J connectivity index is 1.97. The van der Waals surface area contributed by atoms with E-state index < -0.39 is 0 Å². The maximum Gasteiger partial charge on any atom is 0.221 e. The van der Waals surface area contributed by atoms with Gasteiger partial charge in [0.1, 0.15) is 0 Å². The molecule has 0 radical (unpaired) electrons. The Morgan fingerprint density at radius 1 is 1.13 bits per heavy atom. The molecule has 1 aromatic carbocycles. The van der Waals surface area contributed by atoms with Crippen molar-refractivity contribution in [2.24, 2.45) is 0 Å². The number of carbonyl (C=O) groups excluding carboxylic acids is 2. The Morgan fingerprint density at radius 2 is 1.78 bits per heavy atom. The van der Waals surface area contributed by atoms with Gasteiger partial charge < -0.3 is 5.32 Å². The van der Waals surface area contributed by atoms with Crippen LogP contribution in [-0.4, -0.2) is 16.7 Å². The van der Waals surface area contributed by atoms with Crippen molar-refractivity contribution in [3.63, 3.8) is 0 Å². The third kappa shape index (κ3) is 3.50. The van der Waals surface area contributed by atoms with Crippen molar-refractivity contribution in [2.45, 2.75) is 45.4 Å². The second-order valence-corrected chi connectivity index (χ2v) is 7.03. The van der Waals surface area contributed by atoms with Crippen LogP contribution in [0.2, 0.25) is 0 Å². The Labute approximate surface area is 140 Å². The van der Waals surface area contributed by atoms with Gasteiger partial charge in [-0.25, -0.2) is 4.98 Å². The molecule has 1 saturated carbocycles. The van der Waals surface area contributed by atoms with E-state index in [0.29, 0.717) is 10.9 Å². The van der Waals surface area contributed by atoms with Crippen LogP contribution < -0.4 is 5.32 Å². The average molecular weight is 328 g/mol. The lowest BCUT2D eigenvalue weighted by Gasteiger charge is -2.09. The van der Waals surface area contributed by atoms with Gasteiger partial charge in [0.05, 0.1) is 10.6 Å². The highest BCUT2D eigenvalue weighted by Gasteiger charge is 2.25. The van der Waals surface area contributed by atoms with E-state index in [4.69, 9.17) is 0 Å². The number of carbonyl (C=O) groups is 2. The van der Waals surface area contributed by atoms with Gasteiger partial charge in [-0.1, -0.05) is 25.0 Å². The molecule has 120 valence electrons. The second-order valence-electron chi connectivity index (χ2n) is 6.03. The van der Waals surface area contributed by atoms with Crippen LogP contribution in [-0.2, 0) is 4.79 Å². The zero-order chi connectivity index (χ0) is 16.4. The molecule has 1 heterocycles. The molecule has 0 bridgehead atoms. The summed E-state index contributed by atoms with van der Waals surface area (Å²) in [6.07, 6.45) is 4.77. The topological polar surface area (TPSA) is 59.1 Å². The monoisotopic (exact) mass is 328 g/mol. The number of ketones is 1. The number of hydrogen-bond acceptors (Lipinski definition) is 4. The smallest absolute Gasteiger partial charge is 0.221 e. The number of thiazole rings is 1. The SMILES string of the molecule is CC(=O)Nc1ccc(-c2sc(C(C)=O)nc2C2CCCC2)cc1. The molecule has 0 aliphatic heterocycles. The molecule has 2 aromatic rings. The molecule has 0 saturated heterocycles. The van der Waals surface area contributed by atoms with Crippen molar-refractivity contribution in [3.8, 4) is 10.4 Å². The highest BCUT2D eigenvalue weighted by molar-refractivity contribution is 7.17. The number of nitrogens with zero attached hydrogens (tertiary/aromatic N) is 1. The first-order chi connectivity index (χ1) is 11.0. The molecular weight excluding hydrogens is 308 g/mol. The zero-order valence-corrected chi connectivity index (χ0v) is 14.2. The maximum atomic E-state index is 11.7. The molecule has 0 atom stereocenters. The molecule has 1 fully saturated rings. The number of aromatic nitrogens is 1. The minimum Gasteiger partial charge on any atom is -0.326 e. The summed E-state index contributed by atoms with van der Waals surface area (Å²) in [7, 11) is 0. The molecule has 0 spiro atoms. The minimum atomic E-state index is -0.0824. The summed E-state index contributed by atoms with van der Waals surface area (Å²) < 4.78 is 0. The fraction of sp³-hybridized carbons (Fsp3) is 0.389. The normalized spacial score (nSPS) is 14.9. The predicted molar refractivity (Wildman–Crippen MR) is 93.1 cm³/mol. The van der Waals surface area contributed by atoms with E-state index in [2.05, 4.69) is 10.3 Å². The molecule has 5 heteroatoms. The van der Waals surface area contributed by atoms with E-state index in [-0.39, 0.29) is 11.7 Å². The van der Waals surface area contributed by atoms with Gasteiger partial charge in [0.2, 0.25) is 5.91 Å². The lowest BCUT2D eigenvalue weighted by atomic mass is 10.00. The molecule has 4 nitrogen and oxygen atoms in total. The van der Waals surface area contributed by atoms with Crippen LogP contribution in [0.1, 0.15) is 60.9 Å². The Bertz CT molecular complexity index is 728. The van der Waals surface area contributed by atoms with Crippen LogP contribution in [0.5, 0.6) is 0 Å². The molecule has 1 aromatic heterocycles. The van der Waals surface area contributed by atoms with Crippen LogP contribution >= 0.6 is 11.3 Å². The number of amides is 1. The molecule has 3 rings (SSSR count). The minimum absolute atomic E-state index is 0.0235. The van der Waals surface area contributed by atoms with Gasteiger partial charge in [-0.2, -0.15) is 0 Å². The van der Waals surface area contributed by atoms with E-state index in [9.17, 15) is 9.59 Å². The standard InChI is InChI=1S/C18H20N2O2S/c1-11(21)18-20-16(13-5-3-4-6-13)17(23-18)14-7-9-15(10-8-14)19-12(2)22/h7-10,13H,3-6H2,1-2H3,(H,19,22). The van der Waals surface area contributed by atoms with E-state index in [1.807, 2.05) is 24.3 Å². The largest absolute Gasteiger partial charge is 0.326 e. The summed E-state index contributed by atoms with van der Waals surface area (Å²) in [5.41, 5.74) is 2.91. The zero-order valence-electron chi connectivity index (χ0n) is 13.4. The first kappa shape index (κ1) is 15.9. The highest BCUT2D eigenvalue weighted by Crippen LogP contribution is 2.41. The van der Waals surface area contributed by atoms with Gasteiger partial charge in [-0.15, -0.1) is 11.3 Å². The van der Waals surface area contributed by atoms with Crippen LogP contribution in [0.25, 0.3) is 10.4 Å². The van der Waals surface area contributed by atoms with Crippen molar-refractivity contribution >= 4 is 28.7 Å². The van der Waals surface area contributed by atoms with E-state index >= 15 is 0 Å². The highest BCUT2D eigenvalue weighted by atomic mass is 32.1. The van der Waals surface area contributed by atoms with Crippen molar-refractivity contribution in [1.29, 1.82) is 0 Å². The molecule has 1 aliphatic rings. The summed E-state index contributed by atoms with van der Waals surface area (Å²) >= 11 is 1.48. The maximum absolute atomic E-state index is 11.7. The molecular formula is C18H20N2O2S. The van der Waals surface area contributed by atoms with E-state index in [1.165, 1.54) is 31.1 Å². The van der Waals surface area contributed by atoms with Gasteiger partial charge in [-0.05, 0) is 30.5 Å². The second kappa shape index (κ2) is 6.62. The summed E-state index contributed by atoms with van der Waals surface area (Å²) in [5, 5.41) is 3.36. The third-order valence-electron chi connectivity index (χ3n) is 4.16. The molecule has 23 heavy (non-hydrogen) atoms. The number of rotatable bonds is 4. The third-order valence-corrected chi connectivity index (χ3v) is 5.38. The van der Waals surface area contributed by atoms with Crippen LogP contribution in [0.3, 0.4) is 0 Å². The first-order valence-electron chi connectivity index (χ1n) is 7.94. The number of nitrogens with one attached hydrogen (secondary N) is 1. The fourth-order valence-corrected chi connectivity index (χ4v) is 4.13. The number of anilines is 1. The first-order valence-corrected chi connectivity index (χ1v) is 8.76. The Morgan fingerprint density at radius 3 is 2.35 bits per heavy atom. The lowest BCUT2D eigenvalue weighted by molar-refractivity contribution is -0.114. The van der Waals surface area contributed by atoms with Crippen LogP contribution in [0.15, 0.2) is 24.3 Å². The summed E-state index contributed by atoms with van der Waals surface area (Å²) in [6, 6.07) is 7.76. The van der Waals surface area contributed by atoms with Gasteiger partial charge in [0, 0.05) is 25.5 Å². The van der Waals surface area contributed by atoms with Crippen LogP contribution in [0.4, 0.5) is 5.69 Å². The van der Waals surface area contributed by atoms with Crippen LogP contribution in [0, 0.1) is 0 Å². The summed E-state index contributed by atoms with van der Waals surface area (Å²) in [6.45, 7) is 3.06. The van der Waals surface area contributed by atoms with Gasteiger partial charge in [0.15, 0.2) is 10.8 Å². The number of Topliss-reactive ketones (excluding diaryl/α,β-unsaturated/α-hetero) is 1. The number of hydrogen-bond donors (Lipinski definition) is 1.